The second-order valence-electron chi connectivity index (χ2n) is 10.5. The molecule has 0 aromatic carbocycles. The summed E-state index contributed by atoms with van der Waals surface area (Å²) in [5, 5.41) is 33.7. The van der Waals surface area contributed by atoms with Gasteiger partial charge in [0.05, 0.1) is 5.88 Å². The molecule has 1 heterocycles. The maximum Gasteiger partial charge on any atom is 0.199 e. The van der Waals surface area contributed by atoms with Crippen LogP contribution >= 0.6 is 11.6 Å². The molecule has 5 aliphatic rings. The van der Waals surface area contributed by atoms with Crippen molar-refractivity contribution in [3.05, 3.63) is 0 Å². The van der Waals surface area contributed by atoms with Gasteiger partial charge in [0.15, 0.2) is 23.0 Å². The van der Waals surface area contributed by atoms with Crippen molar-refractivity contribution >= 4 is 23.2 Å². The predicted molar refractivity (Wildman–Crippen MR) is 99.8 cm³/mol. The number of aliphatic hydroxyl groups is 3. The molecular weight excluding hydrogens is 403 g/mol. The van der Waals surface area contributed by atoms with Crippen LogP contribution in [0.3, 0.4) is 0 Å². The maximum atomic E-state index is 17.2. The van der Waals surface area contributed by atoms with E-state index in [1.807, 2.05) is 0 Å². The van der Waals surface area contributed by atoms with Crippen LogP contribution < -0.4 is 0 Å². The summed E-state index contributed by atoms with van der Waals surface area (Å²) in [6.07, 6.45) is 0.500. The summed E-state index contributed by atoms with van der Waals surface area (Å²) in [6, 6.07) is 0. The van der Waals surface area contributed by atoms with E-state index in [9.17, 15) is 24.9 Å². The summed E-state index contributed by atoms with van der Waals surface area (Å²) in [5.74, 6) is -4.92. The Bertz CT molecular complexity index is 819. The Morgan fingerprint density at radius 2 is 1.83 bits per heavy atom. The van der Waals surface area contributed by atoms with Gasteiger partial charge in [-0.15, -0.1) is 11.6 Å². The third-order valence-corrected chi connectivity index (χ3v) is 10.0. The minimum Gasteiger partial charge on any atom is -0.381 e. The molecule has 0 bridgehead atoms. The van der Waals surface area contributed by atoms with E-state index < -0.39 is 63.6 Å². The number of carbonyl (C=O) groups excluding carboxylic acids is 2. The average molecular weight is 431 g/mol. The van der Waals surface area contributed by atoms with Crippen molar-refractivity contribution in [3.8, 4) is 0 Å². The molecule has 0 radical (unpaired) electrons. The van der Waals surface area contributed by atoms with E-state index >= 15 is 4.39 Å². The molecule has 1 saturated heterocycles. The van der Waals surface area contributed by atoms with E-state index in [-0.39, 0.29) is 30.9 Å². The summed E-state index contributed by atoms with van der Waals surface area (Å²) in [4.78, 5) is 24.8. The maximum absolute atomic E-state index is 17.2. The molecule has 5 fully saturated rings. The Kier molecular flexibility index (Phi) is 3.79. The number of rotatable bonds is 2. The van der Waals surface area contributed by atoms with Crippen molar-refractivity contribution in [1.82, 2.24) is 0 Å². The van der Waals surface area contributed by atoms with Crippen molar-refractivity contribution in [1.29, 1.82) is 0 Å². The SMILES string of the molecule is C[C@]12CCC(=O)C3O[C@@]31CC[C@H]1[C@@H]3CC[C@](O)(C(=O)CCl)[C@@]3(C)CC(O)(O)[C@@]12F. The second-order valence-corrected chi connectivity index (χ2v) is 10.8. The number of epoxide rings is 1. The van der Waals surface area contributed by atoms with Gasteiger partial charge in [-0.3, -0.25) is 9.59 Å². The highest BCUT2D eigenvalue weighted by molar-refractivity contribution is 6.29. The van der Waals surface area contributed by atoms with Crippen molar-refractivity contribution in [2.75, 3.05) is 5.88 Å². The van der Waals surface area contributed by atoms with Gasteiger partial charge in [-0.1, -0.05) is 13.8 Å². The van der Waals surface area contributed by atoms with Gasteiger partial charge < -0.3 is 20.1 Å². The lowest BCUT2D eigenvalue weighted by Crippen LogP contribution is -2.78. The first-order valence-electron chi connectivity index (χ1n) is 10.5. The molecule has 1 aliphatic heterocycles. The normalized spacial score (nSPS) is 57.3. The molecule has 0 aromatic heterocycles. The molecule has 4 aliphatic carbocycles. The second kappa shape index (κ2) is 5.41. The van der Waals surface area contributed by atoms with Crippen molar-refractivity contribution in [2.45, 2.75) is 87.6 Å². The van der Waals surface area contributed by atoms with Crippen LogP contribution in [0.2, 0.25) is 0 Å². The van der Waals surface area contributed by atoms with Crippen LogP contribution in [-0.2, 0) is 14.3 Å². The first-order valence-corrected chi connectivity index (χ1v) is 11.0. The number of Topliss-reactive ketones (excluding diaryl/α,β-unsaturated/α-hetero) is 2. The number of ketones is 2. The van der Waals surface area contributed by atoms with Crippen molar-refractivity contribution < 1.29 is 34.0 Å². The van der Waals surface area contributed by atoms with Crippen LogP contribution in [0.1, 0.15) is 58.8 Å². The minimum atomic E-state index is -2.77. The molecule has 3 N–H and O–H groups in total. The van der Waals surface area contributed by atoms with Crippen LogP contribution in [0.15, 0.2) is 0 Å². The van der Waals surface area contributed by atoms with Crippen LogP contribution in [0, 0.1) is 22.7 Å². The van der Waals surface area contributed by atoms with Crippen LogP contribution in [-0.4, -0.2) is 61.5 Å². The standard InChI is InChI=1S/C21H28ClFO6/c1-16-10-20(27,28)21(23)12(11(16)3-7-18(16,26)14(25)9-22)4-8-19-15(29-19)13(24)5-6-17(19,21)2/h11-12,15,26-28H,3-10H2,1-2H3/t11-,12-,15?,16-,17-,18-,19-,21+/m0/s1. The van der Waals surface area contributed by atoms with E-state index in [0.29, 0.717) is 19.3 Å². The van der Waals surface area contributed by atoms with E-state index in [1.165, 1.54) is 0 Å². The zero-order valence-corrected chi connectivity index (χ0v) is 17.5. The van der Waals surface area contributed by atoms with Gasteiger partial charge in [0.1, 0.15) is 17.3 Å². The number of hydrogen-bond acceptors (Lipinski definition) is 6. The summed E-state index contributed by atoms with van der Waals surface area (Å²) < 4.78 is 23.0. The van der Waals surface area contributed by atoms with E-state index in [0.717, 1.165) is 0 Å². The van der Waals surface area contributed by atoms with E-state index in [1.54, 1.807) is 13.8 Å². The van der Waals surface area contributed by atoms with Gasteiger partial charge in [0.2, 0.25) is 0 Å². The van der Waals surface area contributed by atoms with Gasteiger partial charge >= 0.3 is 0 Å². The lowest BCUT2D eigenvalue weighted by Gasteiger charge is -2.66. The molecule has 1 spiro atoms. The third-order valence-electron chi connectivity index (χ3n) is 9.78. The minimum absolute atomic E-state index is 0.0467. The number of alkyl halides is 2. The Morgan fingerprint density at radius 3 is 2.48 bits per heavy atom. The quantitative estimate of drug-likeness (QED) is 0.349. The molecule has 6 nitrogen and oxygen atoms in total. The molecule has 8 heteroatoms. The Hall–Kier alpha value is -0.600. The number of fused-ring (bicyclic) bond motifs is 4. The third kappa shape index (κ3) is 1.90. The van der Waals surface area contributed by atoms with Crippen LogP contribution in [0.4, 0.5) is 4.39 Å². The average Bonchev–Trinajstić information content (AvgIpc) is 3.34. The number of carbonyl (C=O) groups is 2. The van der Waals surface area contributed by atoms with Gasteiger partial charge in [0, 0.05) is 29.6 Å². The van der Waals surface area contributed by atoms with Crippen molar-refractivity contribution in [3.63, 3.8) is 0 Å². The predicted octanol–water partition coefficient (Wildman–Crippen LogP) is 1.65. The largest absolute Gasteiger partial charge is 0.381 e. The van der Waals surface area contributed by atoms with E-state index in [2.05, 4.69) is 0 Å². The number of halogens is 2. The zero-order valence-electron chi connectivity index (χ0n) is 16.7. The molecular formula is C21H28ClFO6. The van der Waals surface area contributed by atoms with Gasteiger partial charge in [-0.2, -0.15) is 0 Å². The Labute approximate surface area is 173 Å². The monoisotopic (exact) mass is 430 g/mol. The highest BCUT2D eigenvalue weighted by Crippen LogP contribution is 2.77. The number of ether oxygens (including phenoxy) is 1. The fourth-order valence-electron chi connectivity index (χ4n) is 8.20. The molecule has 29 heavy (non-hydrogen) atoms. The molecule has 8 atom stereocenters. The van der Waals surface area contributed by atoms with Gasteiger partial charge in [-0.05, 0) is 38.0 Å². The molecule has 0 amide bonds. The number of hydrogen-bond donors (Lipinski definition) is 3. The molecule has 1 unspecified atom stereocenters. The summed E-state index contributed by atoms with van der Waals surface area (Å²) in [7, 11) is 0. The van der Waals surface area contributed by atoms with E-state index in [4.69, 9.17) is 16.3 Å². The molecule has 5 rings (SSSR count). The van der Waals surface area contributed by atoms with Crippen LogP contribution in [0.25, 0.3) is 0 Å². The lowest BCUT2D eigenvalue weighted by molar-refractivity contribution is -0.368. The lowest BCUT2D eigenvalue weighted by atomic mass is 9.41. The summed E-state index contributed by atoms with van der Waals surface area (Å²) in [6.45, 7) is 3.34. The smallest absolute Gasteiger partial charge is 0.199 e. The first kappa shape index (κ1) is 20.3. The van der Waals surface area contributed by atoms with Gasteiger partial charge in [0.25, 0.3) is 0 Å². The Balaban J connectivity index is 1.63. The first-order chi connectivity index (χ1) is 13.3. The summed E-state index contributed by atoms with van der Waals surface area (Å²) >= 11 is 5.74. The molecule has 0 aromatic rings. The Morgan fingerprint density at radius 1 is 1.17 bits per heavy atom. The summed E-state index contributed by atoms with van der Waals surface area (Å²) in [5.41, 5.74) is -7.64. The topological polar surface area (TPSA) is 107 Å². The van der Waals surface area contributed by atoms with Gasteiger partial charge in [-0.25, -0.2) is 4.39 Å². The highest BCUT2D eigenvalue weighted by Gasteiger charge is 2.87. The molecule has 162 valence electrons. The fraction of sp³-hybridized carbons (Fsp3) is 0.905. The zero-order chi connectivity index (χ0) is 21.3. The highest BCUT2D eigenvalue weighted by atomic mass is 35.5. The van der Waals surface area contributed by atoms with Crippen LogP contribution in [0.5, 0.6) is 0 Å². The fourth-order valence-corrected chi connectivity index (χ4v) is 8.42. The van der Waals surface area contributed by atoms with Crippen molar-refractivity contribution in [2.24, 2.45) is 22.7 Å². The molecule has 4 saturated carbocycles.